The minimum Gasteiger partial charge on any atom is -0.353 e. The highest BCUT2D eigenvalue weighted by atomic mass is 32.1. The van der Waals surface area contributed by atoms with Gasteiger partial charge in [0.15, 0.2) is 0 Å². The maximum atomic E-state index is 12.9. The van der Waals surface area contributed by atoms with Crippen molar-refractivity contribution in [1.82, 2.24) is 20.0 Å². The van der Waals surface area contributed by atoms with E-state index in [1.807, 2.05) is 35.2 Å². The monoisotopic (exact) mass is 431 g/mol. The second kappa shape index (κ2) is 7.46. The zero-order chi connectivity index (χ0) is 20.8. The molecule has 4 heterocycles. The molecule has 0 radical (unpaired) electrons. The fraction of sp³-hybridized carbons (Fsp3) is 0.304. The molecule has 7 nitrogen and oxygen atoms in total. The van der Waals surface area contributed by atoms with Crippen LogP contribution in [0.5, 0.6) is 0 Å². The molecule has 1 amide bonds. The predicted octanol–water partition coefficient (Wildman–Crippen LogP) is 4.19. The second-order valence-electron chi connectivity index (χ2n) is 8.06. The highest BCUT2D eigenvalue weighted by Crippen LogP contribution is 2.39. The third-order valence-corrected chi connectivity index (χ3v) is 7.01. The van der Waals surface area contributed by atoms with Crippen LogP contribution in [-0.2, 0) is 0 Å². The van der Waals surface area contributed by atoms with Crippen LogP contribution in [0.15, 0.2) is 53.2 Å². The zero-order valence-electron chi connectivity index (χ0n) is 16.9. The standard InChI is InChI=1S/C23H21N5O2S/c29-23(19-13-16-3-1-2-4-18(16)31-19)28-11-9-27(10-12-28)20-8-7-17(14-24-20)21-25-22(30-26-21)15-5-6-15/h1-4,7-8,13-15H,5-6,9-12H2. The number of hydrogen-bond acceptors (Lipinski definition) is 7. The maximum absolute atomic E-state index is 12.9. The van der Waals surface area contributed by atoms with Crippen LogP contribution in [-0.4, -0.2) is 52.1 Å². The van der Waals surface area contributed by atoms with Gasteiger partial charge in [-0.15, -0.1) is 11.3 Å². The average Bonchev–Trinajstić information content (AvgIpc) is 3.39. The Kier molecular flexibility index (Phi) is 4.45. The molecule has 2 fully saturated rings. The Morgan fingerprint density at radius 3 is 2.65 bits per heavy atom. The van der Waals surface area contributed by atoms with E-state index < -0.39 is 0 Å². The Hall–Kier alpha value is -3.26. The van der Waals surface area contributed by atoms with Gasteiger partial charge < -0.3 is 14.3 Å². The number of carbonyl (C=O) groups is 1. The lowest BCUT2D eigenvalue weighted by Gasteiger charge is -2.35. The van der Waals surface area contributed by atoms with E-state index in [1.54, 1.807) is 17.5 Å². The van der Waals surface area contributed by atoms with E-state index in [0.717, 1.165) is 58.2 Å². The molecule has 1 saturated carbocycles. The van der Waals surface area contributed by atoms with Crippen LogP contribution >= 0.6 is 11.3 Å². The number of piperazine rings is 1. The Balaban J connectivity index is 1.10. The summed E-state index contributed by atoms with van der Waals surface area (Å²) < 4.78 is 6.50. The Morgan fingerprint density at radius 1 is 1.06 bits per heavy atom. The molecule has 0 atom stereocenters. The van der Waals surface area contributed by atoms with Gasteiger partial charge >= 0.3 is 0 Å². The van der Waals surface area contributed by atoms with Crippen molar-refractivity contribution in [3.05, 3.63) is 59.4 Å². The minimum absolute atomic E-state index is 0.118. The first-order chi connectivity index (χ1) is 15.2. The number of aromatic nitrogens is 3. The number of carbonyl (C=O) groups excluding carboxylic acids is 1. The fourth-order valence-corrected chi connectivity index (χ4v) is 4.97. The first kappa shape index (κ1) is 18.5. The van der Waals surface area contributed by atoms with E-state index in [4.69, 9.17) is 4.52 Å². The van der Waals surface area contributed by atoms with Gasteiger partial charge in [0, 0.05) is 48.6 Å². The van der Waals surface area contributed by atoms with Crippen LogP contribution < -0.4 is 4.90 Å². The van der Waals surface area contributed by atoms with E-state index in [9.17, 15) is 4.79 Å². The molecule has 2 aliphatic rings. The summed E-state index contributed by atoms with van der Waals surface area (Å²) in [6.07, 6.45) is 4.07. The van der Waals surface area contributed by atoms with Gasteiger partial charge in [0.25, 0.3) is 5.91 Å². The lowest BCUT2D eigenvalue weighted by molar-refractivity contribution is 0.0751. The number of amides is 1. The van der Waals surface area contributed by atoms with Crippen molar-refractivity contribution < 1.29 is 9.32 Å². The van der Waals surface area contributed by atoms with Crippen molar-refractivity contribution in [2.45, 2.75) is 18.8 Å². The second-order valence-corrected chi connectivity index (χ2v) is 9.15. The van der Waals surface area contributed by atoms with Crippen molar-refractivity contribution in [3.63, 3.8) is 0 Å². The smallest absolute Gasteiger partial charge is 0.264 e. The Morgan fingerprint density at radius 2 is 1.90 bits per heavy atom. The van der Waals surface area contributed by atoms with Gasteiger partial charge in [-0.2, -0.15) is 4.98 Å². The molecular weight excluding hydrogens is 410 g/mol. The topological polar surface area (TPSA) is 75.4 Å². The van der Waals surface area contributed by atoms with Crippen LogP contribution in [0, 0.1) is 0 Å². The number of rotatable bonds is 4. The molecule has 4 aromatic rings. The lowest BCUT2D eigenvalue weighted by atomic mass is 10.2. The molecule has 156 valence electrons. The third kappa shape index (κ3) is 3.57. The number of anilines is 1. The van der Waals surface area contributed by atoms with Crippen molar-refractivity contribution in [2.24, 2.45) is 0 Å². The average molecular weight is 432 g/mol. The molecule has 1 aromatic carbocycles. The quantitative estimate of drug-likeness (QED) is 0.482. The van der Waals surface area contributed by atoms with E-state index >= 15 is 0 Å². The van der Waals surface area contributed by atoms with Crippen LogP contribution in [0.3, 0.4) is 0 Å². The van der Waals surface area contributed by atoms with Crippen LogP contribution in [0.1, 0.15) is 34.3 Å². The fourth-order valence-electron chi connectivity index (χ4n) is 3.94. The molecule has 1 aliphatic carbocycles. The summed E-state index contributed by atoms with van der Waals surface area (Å²) in [7, 11) is 0. The summed E-state index contributed by atoms with van der Waals surface area (Å²) >= 11 is 1.57. The van der Waals surface area contributed by atoms with Gasteiger partial charge in [-0.1, -0.05) is 23.4 Å². The summed E-state index contributed by atoms with van der Waals surface area (Å²) in [4.78, 5) is 27.0. The molecule has 6 rings (SSSR count). The zero-order valence-corrected chi connectivity index (χ0v) is 17.7. The summed E-state index contributed by atoms with van der Waals surface area (Å²) in [5.41, 5.74) is 0.859. The van der Waals surface area contributed by atoms with Crippen LogP contribution in [0.2, 0.25) is 0 Å². The largest absolute Gasteiger partial charge is 0.353 e. The summed E-state index contributed by atoms with van der Waals surface area (Å²) in [6.45, 7) is 2.90. The van der Waals surface area contributed by atoms with E-state index in [2.05, 4.69) is 32.2 Å². The van der Waals surface area contributed by atoms with E-state index in [0.29, 0.717) is 24.8 Å². The minimum atomic E-state index is 0.118. The summed E-state index contributed by atoms with van der Waals surface area (Å²) in [6, 6.07) is 14.1. The SMILES string of the molecule is O=C(c1cc2ccccc2s1)N1CCN(c2ccc(-c3noc(C4CC4)n3)cn2)CC1. The number of pyridine rings is 1. The first-order valence-corrected chi connectivity index (χ1v) is 11.4. The number of fused-ring (bicyclic) bond motifs is 1. The van der Waals surface area contributed by atoms with Gasteiger partial charge in [0.1, 0.15) is 5.82 Å². The van der Waals surface area contributed by atoms with E-state index in [1.165, 1.54) is 0 Å². The molecule has 1 saturated heterocycles. The molecule has 0 spiro atoms. The predicted molar refractivity (Wildman–Crippen MR) is 119 cm³/mol. The maximum Gasteiger partial charge on any atom is 0.264 e. The van der Waals surface area contributed by atoms with Crippen LogP contribution in [0.25, 0.3) is 21.5 Å². The Labute approximate surface area is 183 Å². The highest BCUT2D eigenvalue weighted by molar-refractivity contribution is 7.20. The molecule has 1 aliphatic heterocycles. The third-order valence-electron chi connectivity index (χ3n) is 5.90. The van der Waals surface area contributed by atoms with Crippen molar-refractivity contribution >= 4 is 33.1 Å². The van der Waals surface area contributed by atoms with Gasteiger partial charge in [-0.05, 0) is 42.5 Å². The molecule has 0 N–H and O–H groups in total. The molecule has 3 aromatic heterocycles. The highest BCUT2D eigenvalue weighted by Gasteiger charge is 2.30. The van der Waals surface area contributed by atoms with Crippen molar-refractivity contribution in [3.8, 4) is 11.4 Å². The van der Waals surface area contributed by atoms with Crippen LogP contribution in [0.4, 0.5) is 5.82 Å². The molecule has 31 heavy (non-hydrogen) atoms. The molecule has 8 heteroatoms. The van der Waals surface area contributed by atoms with Gasteiger partial charge in [-0.3, -0.25) is 4.79 Å². The van der Waals surface area contributed by atoms with Crippen molar-refractivity contribution in [2.75, 3.05) is 31.1 Å². The summed E-state index contributed by atoms with van der Waals surface area (Å²) in [5.74, 6) is 2.80. The normalized spacial score (nSPS) is 16.8. The number of nitrogens with zero attached hydrogens (tertiary/aromatic N) is 5. The number of benzene rings is 1. The Bertz CT molecular complexity index is 1200. The number of thiophene rings is 1. The lowest BCUT2D eigenvalue weighted by Crippen LogP contribution is -2.48. The molecule has 0 unspecified atom stereocenters. The summed E-state index contributed by atoms with van der Waals surface area (Å²) in [5, 5.41) is 5.21. The van der Waals surface area contributed by atoms with Gasteiger partial charge in [0.2, 0.25) is 11.7 Å². The first-order valence-electron chi connectivity index (χ1n) is 10.6. The van der Waals surface area contributed by atoms with E-state index in [-0.39, 0.29) is 5.91 Å². The van der Waals surface area contributed by atoms with Gasteiger partial charge in [0.05, 0.1) is 4.88 Å². The molecule has 0 bridgehead atoms. The number of hydrogen-bond donors (Lipinski definition) is 0. The molecular formula is C23H21N5O2S. The van der Waals surface area contributed by atoms with Gasteiger partial charge in [-0.25, -0.2) is 4.98 Å². The van der Waals surface area contributed by atoms with Crippen molar-refractivity contribution in [1.29, 1.82) is 0 Å².